The van der Waals surface area contributed by atoms with E-state index in [1.54, 1.807) is 16.0 Å². The Balaban J connectivity index is 1.93. The van der Waals surface area contributed by atoms with E-state index in [9.17, 15) is 8.78 Å². The number of rotatable bonds is 3. The summed E-state index contributed by atoms with van der Waals surface area (Å²) in [5.74, 6) is 0.773. The summed E-state index contributed by atoms with van der Waals surface area (Å²) in [5.41, 5.74) is 10.5. The number of nitrogens with zero attached hydrogens (tertiary/aromatic N) is 5. The zero-order valence-electron chi connectivity index (χ0n) is 13.7. The van der Waals surface area contributed by atoms with Gasteiger partial charge in [0, 0.05) is 11.8 Å². The Morgan fingerprint density at radius 3 is 2.72 bits per heavy atom. The van der Waals surface area contributed by atoms with Crippen molar-refractivity contribution in [2.45, 2.75) is 26.8 Å². The average Bonchev–Trinajstić information content (AvgIpc) is 3.08. The van der Waals surface area contributed by atoms with Crippen LogP contribution in [-0.2, 0) is 6.54 Å². The Morgan fingerprint density at radius 1 is 1.16 bits per heavy atom. The number of hydrogen-bond donors (Lipinski definition) is 1. The zero-order chi connectivity index (χ0) is 17.7. The highest BCUT2D eigenvalue weighted by Gasteiger charge is 2.15. The lowest BCUT2D eigenvalue weighted by Crippen LogP contribution is -2.08. The number of alkyl halides is 2. The number of nitrogen functional groups attached to an aromatic ring is 1. The van der Waals surface area contributed by atoms with Crippen molar-refractivity contribution in [3.63, 3.8) is 0 Å². The predicted octanol–water partition coefficient (Wildman–Crippen LogP) is 3.21. The summed E-state index contributed by atoms with van der Waals surface area (Å²) in [5, 5.41) is 4.17. The van der Waals surface area contributed by atoms with Gasteiger partial charge in [0.25, 0.3) is 6.43 Å². The van der Waals surface area contributed by atoms with Gasteiger partial charge in [-0.2, -0.15) is 0 Å². The third-order valence-electron chi connectivity index (χ3n) is 4.27. The minimum Gasteiger partial charge on any atom is -0.367 e. The topological polar surface area (TPSA) is 74.0 Å². The molecule has 3 aromatic heterocycles. The first-order valence-electron chi connectivity index (χ1n) is 7.81. The molecule has 0 aliphatic rings. The number of nitrogens with two attached hydrogens (primary N) is 1. The number of aromatic nitrogens is 5. The van der Waals surface area contributed by atoms with Crippen molar-refractivity contribution in [3.8, 4) is 11.1 Å². The molecule has 0 fully saturated rings. The highest BCUT2D eigenvalue weighted by molar-refractivity contribution is 5.88. The number of halogens is 2. The summed E-state index contributed by atoms with van der Waals surface area (Å²) < 4.78 is 29.0. The summed E-state index contributed by atoms with van der Waals surface area (Å²) in [6, 6.07) is 7.56. The molecule has 128 valence electrons. The number of benzene rings is 1. The molecule has 25 heavy (non-hydrogen) atoms. The molecule has 0 saturated heterocycles. The minimum atomic E-state index is -2.44. The van der Waals surface area contributed by atoms with Crippen LogP contribution in [0.3, 0.4) is 0 Å². The predicted molar refractivity (Wildman–Crippen MR) is 91.6 cm³/mol. The van der Waals surface area contributed by atoms with E-state index in [0.29, 0.717) is 16.9 Å². The second kappa shape index (κ2) is 5.51. The van der Waals surface area contributed by atoms with Crippen molar-refractivity contribution < 1.29 is 8.78 Å². The van der Waals surface area contributed by atoms with Crippen LogP contribution in [0.25, 0.3) is 27.7 Å². The maximum Gasteiger partial charge on any atom is 0.256 e. The Bertz CT molecular complexity index is 1100. The Hall–Kier alpha value is -3.03. The number of fused-ring (bicyclic) bond motifs is 2. The third-order valence-corrected chi connectivity index (χ3v) is 4.27. The first-order chi connectivity index (χ1) is 11.9. The van der Waals surface area contributed by atoms with E-state index >= 15 is 0 Å². The molecule has 0 radical (unpaired) electrons. The fraction of sp³-hybridized carbons (Fsp3) is 0.235. The zero-order valence-corrected chi connectivity index (χ0v) is 13.7. The molecule has 4 rings (SSSR count). The number of aryl methyl sites for hydroxylation is 2. The van der Waals surface area contributed by atoms with E-state index in [-0.39, 0.29) is 12.5 Å². The van der Waals surface area contributed by atoms with E-state index in [0.717, 1.165) is 22.3 Å². The van der Waals surface area contributed by atoms with E-state index < -0.39 is 6.43 Å². The lowest BCUT2D eigenvalue weighted by molar-refractivity contribution is 0.127. The van der Waals surface area contributed by atoms with Crippen molar-refractivity contribution in [2.75, 3.05) is 5.73 Å². The maximum absolute atomic E-state index is 12.9. The van der Waals surface area contributed by atoms with Gasteiger partial charge in [0.2, 0.25) is 5.95 Å². The summed E-state index contributed by atoms with van der Waals surface area (Å²) in [4.78, 5) is 8.58. The number of hydrogen-bond acceptors (Lipinski definition) is 4. The maximum atomic E-state index is 12.9. The molecular weight excluding hydrogens is 326 g/mol. The van der Waals surface area contributed by atoms with Crippen LogP contribution in [0.15, 0.2) is 30.5 Å². The van der Waals surface area contributed by atoms with Crippen LogP contribution in [0.5, 0.6) is 0 Å². The fourth-order valence-corrected chi connectivity index (χ4v) is 3.24. The van der Waals surface area contributed by atoms with Gasteiger partial charge < -0.3 is 10.3 Å². The normalized spacial score (nSPS) is 11.9. The van der Waals surface area contributed by atoms with Gasteiger partial charge in [0.1, 0.15) is 5.82 Å². The molecule has 1 aromatic carbocycles. The molecule has 8 heteroatoms. The van der Waals surface area contributed by atoms with Crippen molar-refractivity contribution in [3.05, 3.63) is 42.0 Å². The van der Waals surface area contributed by atoms with Gasteiger partial charge >= 0.3 is 0 Å². The first-order valence-corrected chi connectivity index (χ1v) is 7.81. The molecule has 0 bridgehead atoms. The van der Waals surface area contributed by atoms with Crippen LogP contribution >= 0.6 is 0 Å². The van der Waals surface area contributed by atoms with Gasteiger partial charge in [-0.1, -0.05) is 6.07 Å². The van der Waals surface area contributed by atoms with Crippen LogP contribution in [0, 0.1) is 13.8 Å². The molecule has 6 nitrogen and oxygen atoms in total. The average molecular weight is 342 g/mol. The van der Waals surface area contributed by atoms with E-state index in [1.807, 2.05) is 37.4 Å². The van der Waals surface area contributed by atoms with Crippen molar-refractivity contribution in [1.29, 1.82) is 0 Å². The molecule has 0 amide bonds. The molecule has 3 heterocycles. The summed E-state index contributed by atoms with van der Waals surface area (Å²) in [6.45, 7) is 3.22. The van der Waals surface area contributed by atoms with E-state index in [4.69, 9.17) is 5.73 Å². The third kappa shape index (κ3) is 2.50. The molecule has 0 spiro atoms. The van der Waals surface area contributed by atoms with Crippen molar-refractivity contribution >= 4 is 22.5 Å². The molecular formula is C17H16F2N6. The fourth-order valence-electron chi connectivity index (χ4n) is 3.24. The first kappa shape index (κ1) is 15.5. The van der Waals surface area contributed by atoms with E-state index in [1.165, 1.54) is 0 Å². The van der Waals surface area contributed by atoms with Crippen LogP contribution in [0.1, 0.15) is 11.5 Å². The number of imidazole rings is 1. The van der Waals surface area contributed by atoms with Crippen LogP contribution in [0.2, 0.25) is 0 Å². The van der Waals surface area contributed by atoms with Crippen LogP contribution in [0.4, 0.5) is 14.7 Å². The summed E-state index contributed by atoms with van der Waals surface area (Å²) >= 11 is 0. The monoisotopic (exact) mass is 342 g/mol. The smallest absolute Gasteiger partial charge is 0.256 e. The van der Waals surface area contributed by atoms with Gasteiger partial charge in [-0.05, 0) is 37.6 Å². The van der Waals surface area contributed by atoms with Gasteiger partial charge in [0.05, 0.1) is 28.8 Å². The molecule has 2 N–H and O–H groups in total. The van der Waals surface area contributed by atoms with Crippen LogP contribution < -0.4 is 5.73 Å². The Morgan fingerprint density at radius 2 is 1.96 bits per heavy atom. The Kier molecular flexibility index (Phi) is 3.41. The van der Waals surface area contributed by atoms with Gasteiger partial charge in [-0.15, -0.1) is 5.10 Å². The molecule has 0 unspecified atom stereocenters. The van der Waals surface area contributed by atoms with Crippen molar-refractivity contribution in [2.24, 2.45) is 0 Å². The highest BCUT2D eigenvalue weighted by atomic mass is 19.3. The van der Waals surface area contributed by atoms with Crippen LogP contribution in [-0.4, -0.2) is 30.6 Å². The molecule has 4 aromatic rings. The van der Waals surface area contributed by atoms with Gasteiger partial charge in [-0.3, -0.25) is 0 Å². The lowest BCUT2D eigenvalue weighted by Gasteiger charge is -2.07. The highest BCUT2D eigenvalue weighted by Crippen LogP contribution is 2.30. The minimum absolute atomic E-state index is 0.202. The molecule has 0 aliphatic heterocycles. The van der Waals surface area contributed by atoms with E-state index in [2.05, 4.69) is 15.1 Å². The second-order valence-corrected chi connectivity index (χ2v) is 5.94. The standard InChI is InChI=1S/C17H16F2N6/c1-9-16-12(5-6-25(16)23-17(20)21-9)11-3-4-13-14(7-11)24(8-15(18)19)10(2)22-13/h3-7,15H,8H2,1-2H3,(H2,20,23). The molecule has 0 aliphatic carbocycles. The van der Waals surface area contributed by atoms with Gasteiger partial charge in [-0.25, -0.2) is 23.3 Å². The second-order valence-electron chi connectivity index (χ2n) is 5.94. The van der Waals surface area contributed by atoms with Gasteiger partial charge in [0.15, 0.2) is 0 Å². The SMILES string of the molecule is Cc1nc(N)nn2ccc(-c3ccc4nc(C)n(CC(F)F)c4c3)c12. The largest absolute Gasteiger partial charge is 0.367 e. The lowest BCUT2D eigenvalue weighted by atomic mass is 10.1. The van der Waals surface area contributed by atoms with Crippen molar-refractivity contribution in [1.82, 2.24) is 24.1 Å². The summed E-state index contributed by atoms with van der Waals surface area (Å²) in [6.07, 6.45) is -0.629. The summed E-state index contributed by atoms with van der Waals surface area (Å²) in [7, 11) is 0. The number of anilines is 1. The molecule has 0 atom stereocenters. The quantitative estimate of drug-likeness (QED) is 0.620. The molecule has 0 saturated carbocycles. The Labute approximate surface area is 141 Å².